The third-order valence-corrected chi connectivity index (χ3v) is 3.21. The van der Waals surface area contributed by atoms with E-state index in [-0.39, 0.29) is 0 Å². The maximum Gasteiger partial charge on any atom is -0.00465 e. The highest BCUT2D eigenvalue weighted by atomic mass is 14.8. The molecule has 0 radical (unpaired) electrons. The monoisotopic (exact) mass is 242 g/mol. The van der Waals surface area contributed by atoms with Crippen LogP contribution in [0.3, 0.4) is 0 Å². The average molecular weight is 242 g/mol. The summed E-state index contributed by atoms with van der Waals surface area (Å²) < 4.78 is 0. The Labute approximate surface area is 109 Å². The van der Waals surface area contributed by atoms with Crippen LogP contribution in [0.5, 0.6) is 0 Å². The Hall–Kier alpha value is -0.0800. The van der Waals surface area contributed by atoms with Crippen LogP contribution in [-0.2, 0) is 0 Å². The lowest BCUT2D eigenvalue weighted by Gasteiger charge is -2.06. The maximum atomic E-state index is 5.46. The van der Waals surface area contributed by atoms with Crippen molar-refractivity contribution in [3.8, 4) is 0 Å². The predicted molar refractivity (Wildman–Crippen MR) is 78.3 cm³/mol. The van der Waals surface area contributed by atoms with Crippen molar-refractivity contribution in [1.82, 2.24) is 5.32 Å². The second-order valence-electron chi connectivity index (χ2n) is 5.55. The van der Waals surface area contributed by atoms with Gasteiger partial charge in [-0.15, -0.1) is 0 Å². The molecular weight excluding hydrogens is 208 g/mol. The highest BCUT2D eigenvalue weighted by Crippen LogP contribution is 2.07. The fraction of sp³-hybridized carbons (Fsp3) is 1.00. The van der Waals surface area contributed by atoms with Crippen molar-refractivity contribution < 1.29 is 0 Å². The minimum Gasteiger partial charge on any atom is -0.330 e. The summed E-state index contributed by atoms with van der Waals surface area (Å²) in [4.78, 5) is 0. The Morgan fingerprint density at radius 1 is 0.765 bits per heavy atom. The lowest BCUT2D eigenvalue weighted by molar-refractivity contribution is 0.515. The lowest BCUT2D eigenvalue weighted by atomic mass is 10.1. The van der Waals surface area contributed by atoms with Gasteiger partial charge in [-0.25, -0.2) is 0 Å². The zero-order valence-electron chi connectivity index (χ0n) is 12.1. The van der Waals surface area contributed by atoms with Crippen LogP contribution in [0.2, 0.25) is 0 Å². The summed E-state index contributed by atoms with van der Waals surface area (Å²) in [5.74, 6) is 0.830. The molecule has 0 heterocycles. The molecule has 0 aliphatic carbocycles. The molecule has 2 heteroatoms. The van der Waals surface area contributed by atoms with Crippen LogP contribution in [0, 0.1) is 5.92 Å². The van der Waals surface area contributed by atoms with Crippen molar-refractivity contribution in [2.75, 3.05) is 19.6 Å². The number of rotatable bonds is 13. The molecular formula is C15H34N2. The van der Waals surface area contributed by atoms with E-state index in [4.69, 9.17) is 5.73 Å². The SMILES string of the molecule is CC(C)CCNCCCCCCCCCCN. The standard InChI is InChI=1S/C15H34N2/c1-15(2)11-14-17-13-10-8-6-4-3-5-7-9-12-16/h15,17H,3-14,16H2,1-2H3. The van der Waals surface area contributed by atoms with Gasteiger partial charge >= 0.3 is 0 Å². The summed E-state index contributed by atoms with van der Waals surface area (Å²) >= 11 is 0. The van der Waals surface area contributed by atoms with Crippen LogP contribution in [0.4, 0.5) is 0 Å². The number of unbranched alkanes of at least 4 members (excludes halogenated alkanes) is 7. The van der Waals surface area contributed by atoms with Gasteiger partial charge in [0.25, 0.3) is 0 Å². The number of hydrogen-bond acceptors (Lipinski definition) is 2. The molecule has 0 rings (SSSR count). The summed E-state index contributed by atoms with van der Waals surface area (Å²) in [7, 11) is 0. The molecule has 0 atom stereocenters. The minimum absolute atomic E-state index is 0.830. The van der Waals surface area contributed by atoms with Gasteiger partial charge in [0.05, 0.1) is 0 Å². The molecule has 17 heavy (non-hydrogen) atoms. The Balaban J connectivity index is 2.89. The Bertz CT molecular complexity index is 135. The van der Waals surface area contributed by atoms with Crippen LogP contribution >= 0.6 is 0 Å². The molecule has 0 aromatic heterocycles. The van der Waals surface area contributed by atoms with Crippen molar-refractivity contribution >= 4 is 0 Å². The Kier molecular flexibility index (Phi) is 13.9. The van der Waals surface area contributed by atoms with Crippen molar-refractivity contribution in [2.24, 2.45) is 11.7 Å². The second kappa shape index (κ2) is 14.0. The van der Waals surface area contributed by atoms with E-state index in [0.717, 1.165) is 12.5 Å². The summed E-state index contributed by atoms with van der Waals surface area (Å²) in [6.45, 7) is 7.83. The third-order valence-electron chi connectivity index (χ3n) is 3.21. The summed E-state index contributed by atoms with van der Waals surface area (Å²) in [6.07, 6.45) is 12.2. The molecule has 0 amide bonds. The van der Waals surface area contributed by atoms with Gasteiger partial charge in [-0.2, -0.15) is 0 Å². The van der Waals surface area contributed by atoms with Gasteiger partial charge in [-0.05, 0) is 44.8 Å². The normalized spacial score (nSPS) is 11.3. The van der Waals surface area contributed by atoms with Crippen molar-refractivity contribution in [3.05, 3.63) is 0 Å². The minimum atomic E-state index is 0.830. The zero-order valence-corrected chi connectivity index (χ0v) is 12.1. The lowest BCUT2D eigenvalue weighted by Crippen LogP contribution is -2.17. The fourth-order valence-electron chi connectivity index (χ4n) is 1.97. The molecule has 104 valence electrons. The topological polar surface area (TPSA) is 38.0 Å². The number of hydrogen-bond donors (Lipinski definition) is 2. The maximum absolute atomic E-state index is 5.46. The predicted octanol–water partition coefficient (Wildman–Crippen LogP) is 3.70. The largest absolute Gasteiger partial charge is 0.330 e. The average Bonchev–Trinajstić information content (AvgIpc) is 2.30. The summed E-state index contributed by atoms with van der Waals surface area (Å²) in [5, 5.41) is 3.52. The van der Waals surface area contributed by atoms with E-state index in [1.807, 2.05) is 0 Å². The van der Waals surface area contributed by atoms with Crippen molar-refractivity contribution in [3.63, 3.8) is 0 Å². The molecule has 0 aliphatic rings. The van der Waals surface area contributed by atoms with E-state index >= 15 is 0 Å². The van der Waals surface area contributed by atoms with E-state index in [1.165, 1.54) is 70.9 Å². The Morgan fingerprint density at radius 2 is 1.29 bits per heavy atom. The van der Waals surface area contributed by atoms with E-state index in [0.29, 0.717) is 0 Å². The van der Waals surface area contributed by atoms with Gasteiger partial charge in [0, 0.05) is 0 Å². The molecule has 0 saturated heterocycles. The highest BCUT2D eigenvalue weighted by molar-refractivity contribution is 4.52. The molecule has 0 aromatic rings. The van der Waals surface area contributed by atoms with Gasteiger partial charge in [0.2, 0.25) is 0 Å². The molecule has 2 nitrogen and oxygen atoms in total. The molecule has 0 saturated carbocycles. The van der Waals surface area contributed by atoms with E-state index in [2.05, 4.69) is 19.2 Å². The first-order valence-corrected chi connectivity index (χ1v) is 7.68. The van der Waals surface area contributed by atoms with Gasteiger partial charge in [-0.3, -0.25) is 0 Å². The van der Waals surface area contributed by atoms with E-state index < -0.39 is 0 Å². The van der Waals surface area contributed by atoms with Gasteiger partial charge in [0.1, 0.15) is 0 Å². The van der Waals surface area contributed by atoms with Gasteiger partial charge < -0.3 is 11.1 Å². The first-order valence-electron chi connectivity index (χ1n) is 7.68. The van der Waals surface area contributed by atoms with Crippen molar-refractivity contribution in [2.45, 2.75) is 71.6 Å². The molecule has 0 fully saturated rings. The molecule has 0 bridgehead atoms. The van der Waals surface area contributed by atoms with Crippen LogP contribution in [0.1, 0.15) is 71.6 Å². The first-order chi connectivity index (χ1) is 8.27. The molecule has 0 aliphatic heterocycles. The van der Waals surface area contributed by atoms with Gasteiger partial charge in [-0.1, -0.05) is 52.4 Å². The number of nitrogens with one attached hydrogen (secondary N) is 1. The van der Waals surface area contributed by atoms with E-state index in [1.54, 1.807) is 0 Å². The van der Waals surface area contributed by atoms with Crippen LogP contribution in [-0.4, -0.2) is 19.6 Å². The molecule has 0 spiro atoms. The third kappa shape index (κ3) is 15.9. The summed E-state index contributed by atoms with van der Waals surface area (Å²) in [6, 6.07) is 0. The molecule has 3 N–H and O–H groups in total. The zero-order chi connectivity index (χ0) is 12.8. The van der Waals surface area contributed by atoms with Crippen LogP contribution in [0.15, 0.2) is 0 Å². The fourth-order valence-corrected chi connectivity index (χ4v) is 1.97. The quantitative estimate of drug-likeness (QED) is 0.483. The first kappa shape index (κ1) is 16.9. The van der Waals surface area contributed by atoms with Crippen molar-refractivity contribution in [1.29, 1.82) is 0 Å². The van der Waals surface area contributed by atoms with Gasteiger partial charge in [0.15, 0.2) is 0 Å². The molecule has 0 unspecified atom stereocenters. The van der Waals surface area contributed by atoms with Crippen LogP contribution in [0.25, 0.3) is 0 Å². The number of nitrogens with two attached hydrogens (primary N) is 1. The Morgan fingerprint density at radius 3 is 1.82 bits per heavy atom. The van der Waals surface area contributed by atoms with Crippen LogP contribution < -0.4 is 11.1 Å². The van der Waals surface area contributed by atoms with E-state index in [9.17, 15) is 0 Å². The second-order valence-corrected chi connectivity index (χ2v) is 5.55. The smallest absolute Gasteiger partial charge is 0.00465 e. The molecule has 0 aromatic carbocycles. The highest BCUT2D eigenvalue weighted by Gasteiger charge is 1.94. The summed E-state index contributed by atoms with van der Waals surface area (Å²) in [5.41, 5.74) is 5.46.